The normalized spacial score (nSPS) is 29.3. The van der Waals surface area contributed by atoms with Gasteiger partial charge in [0.15, 0.2) is 0 Å². The molecule has 1 N–H and O–H groups in total. The van der Waals surface area contributed by atoms with Gasteiger partial charge in [0.05, 0.1) is 18.8 Å². The minimum absolute atomic E-state index is 0.0352. The highest BCUT2D eigenvalue weighted by Crippen LogP contribution is 2.19. The van der Waals surface area contributed by atoms with Gasteiger partial charge in [-0.05, 0) is 12.3 Å². The molecule has 1 saturated heterocycles. The SMILES string of the molecule is CC(=O)NC1COC(C(C)C)C1. The van der Waals surface area contributed by atoms with Crippen LogP contribution >= 0.6 is 0 Å². The van der Waals surface area contributed by atoms with Gasteiger partial charge in [0, 0.05) is 6.92 Å². The van der Waals surface area contributed by atoms with Crippen molar-refractivity contribution in [2.24, 2.45) is 5.92 Å². The van der Waals surface area contributed by atoms with Crippen LogP contribution in [0.4, 0.5) is 0 Å². The van der Waals surface area contributed by atoms with Crippen molar-refractivity contribution in [3.8, 4) is 0 Å². The molecule has 1 heterocycles. The van der Waals surface area contributed by atoms with Crippen LogP contribution in [0.1, 0.15) is 27.2 Å². The summed E-state index contributed by atoms with van der Waals surface area (Å²) in [6.07, 6.45) is 1.28. The lowest BCUT2D eigenvalue weighted by Crippen LogP contribution is -2.33. The Morgan fingerprint density at radius 2 is 2.25 bits per heavy atom. The predicted octanol–water partition coefficient (Wildman–Crippen LogP) is 0.936. The summed E-state index contributed by atoms with van der Waals surface area (Å²) in [5.74, 6) is 0.580. The third-order valence-corrected chi connectivity index (χ3v) is 2.18. The van der Waals surface area contributed by atoms with Crippen molar-refractivity contribution in [2.45, 2.75) is 39.3 Å². The minimum atomic E-state index is 0.0352. The molecule has 70 valence electrons. The maximum Gasteiger partial charge on any atom is 0.217 e. The van der Waals surface area contributed by atoms with E-state index in [-0.39, 0.29) is 11.9 Å². The van der Waals surface area contributed by atoms with Gasteiger partial charge in [-0.3, -0.25) is 4.79 Å². The standard InChI is InChI=1S/C9H17NO2/c1-6(2)9-4-8(5-12-9)10-7(3)11/h6,8-9H,4-5H2,1-3H3,(H,10,11). The van der Waals surface area contributed by atoms with E-state index in [0.717, 1.165) is 6.42 Å². The van der Waals surface area contributed by atoms with Crippen molar-refractivity contribution in [2.75, 3.05) is 6.61 Å². The molecule has 0 aromatic heterocycles. The van der Waals surface area contributed by atoms with E-state index in [1.54, 1.807) is 6.92 Å². The summed E-state index contributed by atoms with van der Waals surface area (Å²) in [6.45, 7) is 6.49. The van der Waals surface area contributed by atoms with Crippen LogP contribution in [0.25, 0.3) is 0 Å². The molecule has 3 nitrogen and oxygen atoms in total. The van der Waals surface area contributed by atoms with Crippen LogP contribution in [-0.4, -0.2) is 24.7 Å². The molecule has 2 atom stereocenters. The number of ether oxygens (including phenoxy) is 1. The van der Waals surface area contributed by atoms with E-state index < -0.39 is 0 Å². The zero-order valence-electron chi connectivity index (χ0n) is 7.96. The second kappa shape index (κ2) is 3.90. The van der Waals surface area contributed by atoms with Crippen molar-refractivity contribution in [1.29, 1.82) is 0 Å². The fourth-order valence-corrected chi connectivity index (χ4v) is 1.51. The first-order chi connectivity index (χ1) is 5.59. The highest BCUT2D eigenvalue weighted by molar-refractivity contribution is 5.73. The highest BCUT2D eigenvalue weighted by atomic mass is 16.5. The Morgan fingerprint density at radius 3 is 2.67 bits per heavy atom. The molecule has 1 rings (SSSR count). The maximum absolute atomic E-state index is 10.7. The van der Waals surface area contributed by atoms with Gasteiger partial charge in [-0.1, -0.05) is 13.8 Å². The summed E-state index contributed by atoms with van der Waals surface area (Å²) < 4.78 is 5.51. The molecule has 0 aromatic rings. The van der Waals surface area contributed by atoms with Crippen molar-refractivity contribution < 1.29 is 9.53 Å². The smallest absolute Gasteiger partial charge is 0.217 e. The third-order valence-electron chi connectivity index (χ3n) is 2.18. The molecule has 12 heavy (non-hydrogen) atoms. The summed E-state index contributed by atoms with van der Waals surface area (Å²) in [4.78, 5) is 10.7. The van der Waals surface area contributed by atoms with E-state index in [1.807, 2.05) is 0 Å². The molecule has 1 aliphatic rings. The molecule has 1 amide bonds. The predicted molar refractivity (Wildman–Crippen MR) is 46.8 cm³/mol. The minimum Gasteiger partial charge on any atom is -0.376 e. The zero-order chi connectivity index (χ0) is 9.14. The van der Waals surface area contributed by atoms with Crippen LogP contribution in [0.5, 0.6) is 0 Å². The Labute approximate surface area is 73.5 Å². The second-order valence-electron chi connectivity index (χ2n) is 3.75. The molecule has 0 aromatic carbocycles. The Bertz CT molecular complexity index is 168. The van der Waals surface area contributed by atoms with Gasteiger partial charge >= 0.3 is 0 Å². The van der Waals surface area contributed by atoms with E-state index in [9.17, 15) is 4.79 Å². The highest BCUT2D eigenvalue weighted by Gasteiger charge is 2.27. The van der Waals surface area contributed by atoms with Gasteiger partial charge in [-0.25, -0.2) is 0 Å². The Hall–Kier alpha value is -0.570. The van der Waals surface area contributed by atoms with E-state index in [4.69, 9.17) is 4.74 Å². The van der Waals surface area contributed by atoms with Crippen LogP contribution in [0, 0.1) is 5.92 Å². The lowest BCUT2D eigenvalue weighted by Gasteiger charge is -2.12. The quantitative estimate of drug-likeness (QED) is 0.671. The summed E-state index contributed by atoms with van der Waals surface area (Å²) in [5, 5.41) is 2.86. The van der Waals surface area contributed by atoms with Gasteiger partial charge < -0.3 is 10.1 Å². The number of nitrogens with one attached hydrogen (secondary N) is 1. The Morgan fingerprint density at radius 1 is 1.58 bits per heavy atom. The number of amides is 1. The fraction of sp³-hybridized carbons (Fsp3) is 0.889. The summed E-state index contributed by atoms with van der Waals surface area (Å²) in [7, 11) is 0. The molecular formula is C9H17NO2. The first kappa shape index (κ1) is 9.52. The Balaban J connectivity index is 2.30. The first-order valence-electron chi connectivity index (χ1n) is 4.48. The summed E-state index contributed by atoms with van der Waals surface area (Å²) in [5.41, 5.74) is 0. The topological polar surface area (TPSA) is 38.3 Å². The van der Waals surface area contributed by atoms with Gasteiger partial charge in [0.25, 0.3) is 0 Å². The van der Waals surface area contributed by atoms with E-state index >= 15 is 0 Å². The van der Waals surface area contributed by atoms with Gasteiger partial charge in [-0.2, -0.15) is 0 Å². The third kappa shape index (κ3) is 2.48. The van der Waals surface area contributed by atoms with Crippen LogP contribution in [0.15, 0.2) is 0 Å². The molecule has 0 bridgehead atoms. The van der Waals surface area contributed by atoms with Crippen LogP contribution in [0.2, 0.25) is 0 Å². The van der Waals surface area contributed by atoms with Crippen LogP contribution in [0.3, 0.4) is 0 Å². The van der Waals surface area contributed by atoms with Crippen LogP contribution < -0.4 is 5.32 Å². The number of hydrogen-bond acceptors (Lipinski definition) is 2. The van der Waals surface area contributed by atoms with Crippen LogP contribution in [-0.2, 0) is 9.53 Å². The molecule has 0 radical (unpaired) electrons. The fourth-order valence-electron chi connectivity index (χ4n) is 1.51. The van der Waals surface area contributed by atoms with Crippen molar-refractivity contribution in [1.82, 2.24) is 5.32 Å². The molecule has 1 fully saturated rings. The van der Waals surface area contributed by atoms with Crippen molar-refractivity contribution >= 4 is 5.91 Å². The van der Waals surface area contributed by atoms with E-state index in [1.165, 1.54) is 0 Å². The summed E-state index contributed by atoms with van der Waals surface area (Å²) >= 11 is 0. The second-order valence-corrected chi connectivity index (χ2v) is 3.75. The lowest BCUT2D eigenvalue weighted by atomic mass is 10.0. The molecule has 0 saturated carbocycles. The maximum atomic E-state index is 10.7. The molecule has 0 spiro atoms. The number of carbonyl (C=O) groups excluding carboxylic acids is 1. The average Bonchev–Trinajstić information content (AvgIpc) is 2.34. The molecule has 2 unspecified atom stereocenters. The van der Waals surface area contributed by atoms with Gasteiger partial charge in [-0.15, -0.1) is 0 Å². The van der Waals surface area contributed by atoms with Crippen molar-refractivity contribution in [3.63, 3.8) is 0 Å². The van der Waals surface area contributed by atoms with E-state index in [0.29, 0.717) is 18.6 Å². The molecule has 0 aliphatic carbocycles. The molecular weight excluding hydrogens is 154 g/mol. The first-order valence-corrected chi connectivity index (χ1v) is 4.48. The van der Waals surface area contributed by atoms with E-state index in [2.05, 4.69) is 19.2 Å². The average molecular weight is 171 g/mol. The Kier molecular flexibility index (Phi) is 3.09. The lowest BCUT2D eigenvalue weighted by molar-refractivity contribution is -0.119. The monoisotopic (exact) mass is 171 g/mol. The zero-order valence-corrected chi connectivity index (χ0v) is 7.96. The van der Waals surface area contributed by atoms with Gasteiger partial charge in [0.2, 0.25) is 5.91 Å². The number of carbonyl (C=O) groups is 1. The largest absolute Gasteiger partial charge is 0.376 e. The summed E-state index contributed by atoms with van der Waals surface area (Å²) in [6, 6.07) is 0.231. The number of rotatable bonds is 2. The molecule has 3 heteroatoms. The van der Waals surface area contributed by atoms with Gasteiger partial charge in [0.1, 0.15) is 0 Å². The molecule has 1 aliphatic heterocycles. The number of hydrogen-bond donors (Lipinski definition) is 1. The van der Waals surface area contributed by atoms with Crippen molar-refractivity contribution in [3.05, 3.63) is 0 Å².